The summed E-state index contributed by atoms with van der Waals surface area (Å²) in [6.45, 7) is 3.71. The molecule has 2 unspecified atom stereocenters. The highest BCUT2D eigenvalue weighted by Gasteiger charge is 2.30. The molecule has 0 bridgehead atoms. The van der Waals surface area contributed by atoms with E-state index in [0.29, 0.717) is 12.2 Å². The third kappa shape index (κ3) is 5.17. The van der Waals surface area contributed by atoms with Crippen molar-refractivity contribution in [1.29, 1.82) is 0 Å². The molecule has 1 aromatic carbocycles. The molecular formula is C18H26N4O3. The molecule has 7 nitrogen and oxygen atoms in total. The van der Waals surface area contributed by atoms with Gasteiger partial charge in [0.15, 0.2) is 6.61 Å². The van der Waals surface area contributed by atoms with Crippen LogP contribution in [-0.4, -0.2) is 54.8 Å². The SMILES string of the molecule is CC1CC(=O)NC(N2CCC(NC(=O)COc3ccccc3)CC2)N1. The third-order valence-electron chi connectivity index (χ3n) is 4.60. The minimum atomic E-state index is -0.102. The number of likely N-dealkylation sites (tertiary alicyclic amines) is 1. The fraction of sp³-hybridized carbons (Fsp3) is 0.556. The molecule has 0 saturated carbocycles. The van der Waals surface area contributed by atoms with Crippen LogP contribution in [0.2, 0.25) is 0 Å². The first-order chi connectivity index (χ1) is 12.1. The molecule has 2 atom stereocenters. The Balaban J connectivity index is 1.38. The van der Waals surface area contributed by atoms with Gasteiger partial charge < -0.3 is 15.4 Å². The summed E-state index contributed by atoms with van der Waals surface area (Å²) in [7, 11) is 0. The molecule has 1 aromatic rings. The van der Waals surface area contributed by atoms with Crippen molar-refractivity contribution in [1.82, 2.24) is 20.9 Å². The van der Waals surface area contributed by atoms with Gasteiger partial charge in [0.1, 0.15) is 12.0 Å². The second kappa shape index (κ2) is 8.31. The van der Waals surface area contributed by atoms with Gasteiger partial charge in [0.2, 0.25) is 5.91 Å². The molecule has 0 aliphatic carbocycles. The number of carbonyl (C=O) groups is 2. The number of amides is 2. The highest BCUT2D eigenvalue weighted by molar-refractivity contribution is 5.78. The smallest absolute Gasteiger partial charge is 0.258 e. The monoisotopic (exact) mass is 346 g/mol. The molecule has 3 N–H and O–H groups in total. The fourth-order valence-electron chi connectivity index (χ4n) is 3.29. The van der Waals surface area contributed by atoms with E-state index in [4.69, 9.17) is 4.74 Å². The summed E-state index contributed by atoms with van der Waals surface area (Å²) in [4.78, 5) is 25.9. The molecule has 136 valence electrons. The molecular weight excluding hydrogens is 320 g/mol. The average Bonchev–Trinajstić information content (AvgIpc) is 2.61. The average molecular weight is 346 g/mol. The first-order valence-corrected chi connectivity index (χ1v) is 8.87. The lowest BCUT2D eigenvalue weighted by atomic mass is 10.0. The second-order valence-corrected chi connectivity index (χ2v) is 6.72. The Hall–Kier alpha value is -2.12. The van der Waals surface area contributed by atoms with Gasteiger partial charge in [-0.25, -0.2) is 0 Å². The van der Waals surface area contributed by atoms with Crippen molar-refractivity contribution in [3.8, 4) is 5.75 Å². The topological polar surface area (TPSA) is 82.7 Å². The standard InChI is InChI=1S/C18H26N4O3/c1-13-11-16(23)21-18(19-13)22-9-7-14(8-10-22)20-17(24)12-25-15-5-3-2-4-6-15/h2-6,13-14,18-19H,7-12H2,1H3,(H,20,24)(H,21,23). The molecule has 0 aromatic heterocycles. The zero-order valence-electron chi connectivity index (χ0n) is 14.5. The first-order valence-electron chi connectivity index (χ1n) is 8.87. The van der Waals surface area contributed by atoms with E-state index in [1.54, 1.807) is 0 Å². The van der Waals surface area contributed by atoms with Crippen LogP contribution in [0.3, 0.4) is 0 Å². The summed E-state index contributed by atoms with van der Waals surface area (Å²) in [5.74, 6) is 0.686. The van der Waals surface area contributed by atoms with Crippen LogP contribution in [0.15, 0.2) is 30.3 Å². The fourth-order valence-corrected chi connectivity index (χ4v) is 3.29. The van der Waals surface area contributed by atoms with Gasteiger partial charge in [0.05, 0.1) is 0 Å². The van der Waals surface area contributed by atoms with Crippen LogP contribution in [0.4, 0.5) is 0 Å². The van der Waals surface area contributed by atoms with E-state index in [1.807, 2.05) is 37.3 Å². The normalized spacial score (nSPS) is 25.2. The van der Waals surface area contributed by atoms with Crippen LogP contribution in [0, 0.1) is 0 Å². The molecule has 2 aliphatic heterocycles. The zero-order valence-corrected chi connectivity index (χ0v) is 14.5. The largest absolute Gasteiger partial charge is 0.484 e. The van der Waals surface area contributed by atoms with E-state index in [0.717, 1.165) is 25.9 Å². The quantitative estimate of drug-likeness (QED) is 0.720. The van der Waals surface area contributed by atoms with Gasteiger partial charge in [-0.3, -0.25) is 19.8 Å². The van der Waals surface area contributed by atoms with Gasteiger partial charge in [-0.05, 0) is 31.9 Å². The van der Waals surface area contributed by atoms with E-state index in [9.17, 15) is 9.59 Å². The maximum Gasteiger partial charge on any atom is 0.258 e. The van der Waals surface area contributed by atoms with E-state index >= 15 is 0 Å². The van der Waals surface area contributed by atoms with Crippen LogP contribution in [0.25, 0.3) is 0 Å². The summed E-state index contributed by atoms with van der Waals surface area (Å²) in [6.07, 6.45) is 2.14. The third-order valence-corrected chi connectivity index (χ3v) is 4.60. The number of hydrogen-bond acceptors (Lipinski definition) is 5. The number of para-hydroxylation sites is 1. The maximum absolute atomic E-state index is 12.0. The first kappa shape index (κ1) is 17.7. The lowest BCUT2D eigenvalue weighted by Gasteiger charge is -2.41. The van der Waals surface area contributed by atoms with E-state index in [1.165, 1.54) is 0 Å². The summed E-state index contributed by atoms with van der Waals surface area (Å²) < 4.78 is 5.47. The van der Waals surface area contributed by atoms with E-state index < -0.39 is 0 Å². The predicted octanol–water partition coefficient (Wildman–Crippen LogP) is 0.428. The van der Waals surface area contributed by atoms with Crippen molar-refractivity contribution >= 4 is 11.8 Å². The highest BCUT2D eigenvalue weighted by Crippen LogP contribution is 2.14. The van der Waals surface area contributed by atoms with Gasteiger partial charge >= 0.3 is 0 Å². The number of benzene rings is 1. The van der Waals surface area contributed by atoms with Crippen molar-refractivity contribution in [2.24, 2.45) is 0 Å². The highest BCUT2D eigenvalue weighted by atomic mass is 16.5. The summed E-state index contributed by atoms with van der Waals surface area (Å²) >= 11 is 0. The Bertz CT molecular complexity index is 587. The molecule has 0 spiro atoms. The van der Waals surface area contributed by atoms with Crippen LogP contribution >= 0.6 is 0 Å². The van der Waals surface area contributed by atoms with Crippen LogP contribution in [0.5, 0.6) is 5.75 Å². The Morgan fingerprint density at radius 1 is 1.28 bits per heavy atom. The molecule has 7 heteroatoms. The minimum absolute atomic E-state index is 0.0297. The Labute approximate surface area is 148 Å². The summed E-state index contributed by atoms with van der Waals surface area (Å²) in [5.41, 5.74) is 0. The number of rotatable bonds is 5. The molecule has 2 amide bonds. The number of piperidine rings is 1. The maximum atomic E-state index is 12.0. The molecule has 2 fully saturated rings. The van der Waals surface area contributed by atoms with Crippen LogP contribution in [-0.2, 0) is 9.59 Å². The number of hydrogen-bond donors (Lipinski definition) is 3. The second-order valence-electron chi connectivity index (χ2n) is 6.72. The van der Waals surface area contributed by atoms with Crippen molar-refractivity contribution in [2.45, 2.75) is 44.6 Å². The molecule has 2 saturated heterocycles. The lowest BCUT2D eigenvalue weighted by Crippen LogP contribution is -2.65. The van der Waals surface area contributed by atoms with Crippen molar-refractivity contribution < 1.29 is 14.3 Å². The number of carbonyl (C=O) groups excluding carboxylic acids is 2. The van der Waals surface area contributed by atoms with Crippen LogP contribution in [0.1, 0.15) is 26.2 Å². The van der Waals surface area contributed by atoms with E-state index in [2.05, 4.69) is 20.9 Å². The Kier molecular flexibility index (Phi) is 5.88. The number of ether oxygens (including phenoxy) is 1. The summed E-state index contributed by atoms with van der Waals surface area (Å²) in [5, 5.41) is 9.41. The van der Waals surface area contributed by atoms with Crippen LogP contribution < -0.4 is 20.7 Å². The van der Waals surface area contributed by atoms with Gasteiger partial charge in [-0.15, -0.1) is 0 Å². The van der Waals surface area contributed by atoms with Gasteiger partial charge in [-0.1, -0.05) is 18.2 Å². The van der Waals surface area contributed by atoms with Crippen molar-refractivity contribution in [3.63, 3.8) is 0 Å². The van der Waals surface area contributed by atoms with Crippen molar-refractivity contribution in [2.75, 3.05) is 19.7 Å². The number of nitrogens with zero attached hydrogens (tertiary/aromatic N) is 1. The molecule has 3 rings (SSSR count). The summed E-state index contributed by atoms with van der Waals surface area (Å²) in [6, 6.07) is 9.66. The molecule has 2 heterocycles. The zero-order chi connectivity index (χ0) is 17.6. The van der Waals surface area contributed by atoms with Gasteiger partial charge in [0.25, 0.3) is 5.91 Å². The molecule has 0 radical (unpaired) electrons. The van der Waals surface area contributed by atoms with Gasteiger partial charge in [0, 0.05) is 31.6 Å². The minimum Gasteiger partial charge on any atom is -0.484 e. The van der Waals surface area contributed by atoms with Gasteiger partial charge in [-0.2, -0.15) is 0 Å². The Morgan fingerprint density at radius 3 is 2.68 bits per heavy atom. The Morgan fingerprint density at radius 2 is 2.00 bits per heavy atom. The van der Waals surface area contributed by atoms with Crippen molar-refractivity contribution in [3.05, 3.63) is 30.3 Å². The molecule has 2 aliphatic rings. The number of nitrogens with one attached hydrogen (secondary N) is 3. The predicted molar refractivity (Wildman–Crippen MR) is 93.8 cm³/mol. The lowest BCUT2D eigenvalue weighted by molar-refractivity contribution is -0.127. The van der Waals surface area contributed by atoms with E-state index in [-0.39, 0.29) is 36.8 Å². The molecule has 25 heavy (non-hydrogen) atoms.